The zero-order chi connectivity index (χ0) is 22.6. The van der Waals surface area contributed by atoms with E-state index < -0.39 is 32.7 Å². The molecule has 0 bridgehead atoms. The molecule has 0 unspecified atom stereocenters. The molecule has 0 aliphatic carbocycles. The summed E-state index contributed by atoms with van der Waals surface area (Å²) in [5.41, 5.74) is 0.0231. The number of allylic oxidation sites excluding steroid dienone is 2. The molecule has 0 aromatic heterocycles. The first-order valence-electron chi connectivity index (χ1n) is 8.58. The Kier molecular flexibility index (Phi) is 7.00. The Hall–Kier alpha value is -3.18. The van der Waals surface area contributed by atoms with E-state index in [9.17, 15) is 22.4 Å². The van der Waals surface area contributed by atoms with Crippen LogP contribution in [0.3, 0.4) is 0 Å². The van der Waals surface area contributed by atoms with Crippen molar-refractivity contribution in [1.29, 1.82) is 0 Å². The molecule has 2 rings (SSSR count). The third-order valence-corrected chi connectivity index (χ3v) is 5.65. The first-order chi connectivity index (χ1) is 14.1. The number of hydrogen-bond donors (Lipinski definition) is 1. The van der Waals surface area contributed by atoms with E-state index in [1.807, 2.05) is 0 Å². The van der Waals surface area contributed by atoms with Gasteiger partial charge in [0, 0.05) is 26.4 Å². The predicted octanol–water partition coefficient (Wildman–Crippen LogP) is 1.29. The molecule has 0 atom stereocenters. The van der Waals surface area contributed by atoms with Gasteiger partial charge in [-0.05, 0) is 25.3 Å². The summed E-state index contributed by atoms with van der Waals surface area (Å²) >= 11 is 0. The van der Waals surface area contributed by atoms with E-state index in [0.717, 1.165) is 33.4 Å². The number of carbonyl (C=O) groups excluding carboxylic acids is 2. The number of sulfonamides is 1. The lowest BCUT2D eigenvalue weighted by Crippen LogP contribution is -2.29. The Labute approximate surface area is 174 Å². The van der Waals surface area contributed by atoms with Crippen molar-refractivity contribution in [1.82, 2.24) is 4.72 Å². The van der Waals surface area contributed by atoms with Gasteiger partial charge in [-0.15, -0.1) is 0 Å². The normalized spacial score (nSPS) is 13.9. The summed E-state index contributed by atoms with van der Waals surface area (Å²) in [5, 5.41) is 0. The topological polar surface area (TPSA) is 105 Å². The van der Waals surface area contributed by atoms with Gasteiger partial charge >= 0.3 is 11.9 Å². The highest BCUT2D eigenvalue weighted by atomic mass is 32.2. The summed E-state index contributed by atoms with van der Waals surface area (Å²) in [6.07, 6.45) is 5.81. The predicted molar refractivity (Wildman–Crippen MR) is 109 cm³/mol. The molecule has 1 aliphatic heterocycles. The van der Waals surface area contributed by atoms with Crippen LogP contribution in [-0.4, -0.2) is 55.7 Å². The van der Waals surface area contributed by atoms with Crippen LogP contribution in [0.1, 0.15) is 0 Å². The Morgan fingerprint density at radius 1 is 1.10 bits per heavy atom. The summed E-state index contributed by atoms with van der Waals surface area (Å²) in [7, 11) is 2.52. The van der Waals surface area contributed by atoms with Gasteiger partial charge in [0.25, 0.3) is 0 Å². The number of nitrogens with zero attached hydrogens (tertiary/aromatic N) is 2. The lowest BCUT2D eigenvalue weighted by atomic mass is 10.1. The monoisotopic (exact) mass is 439 g/mol. The second-order valence-electron chi connectivity index (χ2n) is 6.19. The van der Waals surface area contributed by atoms with E-state index in [2.05, 4.69) is 4.72 Å². The fourth-order valence-electron chi connectivity index (χ4n) is 2.75. The molecular formula is C19H22FN3O6S. The van der Waals surface area contributed by atoms with Gasteiger partial charge in [0.2, 0.25) is 10.0 Å². The third kappa shape index (κ3) is 4.36. The lowest BCUT2D eigenvalue weighted by Gasteiger charge is -2.28. The number of rotatable bonds is 6. The van der Waals surface area contributed by atoms with Crippen molar-refractivity contribution in [2.45, 2.75) is 4.90 Å². The van der Waals surface area contributed by atoms with Gasteiger partial charge < -0.3 is 19.3 Å². The maximum absolute atomic E-state index is 14.6. The highest BCUT2D eigenvalue weighted by molar-refractivity contribution is 7.89. The minimum Gasteiger partial charge on any atom is -0.465 e. The molecule has 9 nitrogen and oxygen atoms in total. The molecule has 1 aliphatic rings. The number of carbonyl (C=O) groups is 2. The average Bonchev–Trinajstić information content (AvgIpc) is 2.95. The number of methoxy groups -OCH3 is 2. The summed E-state index contributed by atoms with van der Waals surface area (Å²) in [5.74, 6) is -2.67. The summed E-state index contributed by atoms with van der Waals surface area (Å²) < 4.78 is 50.9. The SMILES string of the molecule is CNS(=O)(=O)c1cc(N2C=CC=CC(C(=O)OC)=C2C(=O)OC)c(N(C)C)cc1F. The van der Waals surface area contributed by atoms with Crippen LogP contribution in [0.5, 0.6) is 0 Å². The zero-order valence-electron chi connectivity index (χ0n) is 17.1. The van der Waals surface area contributed by atoms with Crippen LogP contribution in [0, 0.1) is 5.82 Å². The van der Waals surface area contributed by atoms with Gasteiger partial charge in [0.15, 0.2) is 0 Å². The lowest BCUT2D eigenvalue weighted by molar-refractivity contribution is -0.139. The Balaban J connectivity index is 2.92. The second-order valence-corrected chi connectivity index (χ2v) is 8.04. The number of nitrogens with one attached hydrogen (secondary N) is 1. The van der Waals surface area contributed by atoms with Crippen molar-refractivity contribution in [2.75, 3.05) is 45.2 Å². The van der Waals surface area contributed by atoms with Gasteiger partial charge in [-0.25, -0.2) is 27.1 Å². The number of hydrogen-bond acceptors (Lipinski definition) is 8. The zero-order valence-corrected chi connectivity index (χ0v) is 17.9. The van der Waals surface area contributed by atoms with E-state index in [0.29, 0.717) is 0 Å². The standard InChI is InChI=1S/C19H22FN3O6S/c1-21-30(26,27)16-11-15(14(22(2)3)10-13(16)20)23-9-7-6-8-12(18(24)28-4)17(23)19(25)29-5/h6-11,21H,1-5H3. The molecule has 0 saturated carbocycles. The van der Waals surface area contributed by atoms with Crippen LogP contribution >= 0.6 is 0 Å². The molecule has 0 radical (unpaired) electrons. The van der Waals surface area contributed by atoms with Crippen molar-refractivity contribution in [3.05, 3.63) is 53.6 Å². The van der Waals surface area contributed by atoms with Crippen LogP contribution in [0.4, 0.5) is 15.8 Å². The van der Waals surface area contributed by atoms with Crippen LogP contribution in [-0.2, 0) is 29.1 Å². The molecular weight excluding hydrogens is 417 g/mol. The Morgan fingerprint density at radius 2 is 1.73 bits per heavy atom. The molecule has 0 amide bonds. The summed E-state index contributed by atoms with van der Waals surface area (Å²) in [6, 6.07) is 2.10. The van der Waals surface area contributed by atoms with Gasteiger partial charge in [-0.2, -0.15) is 0 Å². The number of halogens is 1. The van der Waals surface area contributed by atoms with E-state index >= 15 is 0 Å². The number of anilines is 2. The largest absolute Gasteiger partial charge is 0.465 e. The number of esters is 2. The molecule has 11 heteroatoms. The molecule has 162 valence electrons. The van der Waals surface area contributed by atoms with Crippen molar-refractivity contribution in [3.63, 3.8) is 0 Å². The molecule has 0 saturated heterocycles. The summed E-state index contributed by atoms with van der Waals surface area (Å²) in [4.78, 5) is 27.1. The molecule has 0 fully saturated rings. The van der Waals surface area contributed by atoms with Crippen molar-refractivity contribution >= 4 is 33.3 Å². The van der Waals surface area contributed by atoms with Gasteiger partial charge in [-0.1, -0.05) is 6.08 Å². The highest BCUT2D eigenvalue weighted by Crippen LogP contribution is 2.37. The van der Waals surface area contributed by atoms with Gasteiger partial charge in [0.1, 0.15) is 16.4 Å². The molecule has 1 N–H and O–H groups in total. The first-order valence-corrected chi connectivity index (χ1v) is 10.1. The smallest absolute Gasteiger partial charge is 0.355 e. The van der Waals surface area contributed by atoms with Crippen molar-refractivity contribution in [2.24, 2.45) is 0 Å². The fraction of sp³-hybridized carbons (Fsp3) is 0.263. The maximum Gasteiger partial charge on any atom is 0.355 e. The molecule has 1 heterocycles. The molecule has 1 aromatic carbocycles. The first kappa shape index (κ1) is 23.1. The Morgan fingerprint density at radius 3 is 2.27 bits per heavy atom. The molecule has 1 aromatic rings. The average molecular weight is 439 g/mol. The van der Waals surface area contributed by atoms with Crippen LogP contribution in [0.2, 0.25) is 0 Å². The van der Waals surface area contributed by atoms with E-state index in [1.54, 1.807) is 14.1 Å². The van der Waals surface area contributed by atoms with Gasteiger partial charge in [0.05, 0.1) is 31.2 Å². The number of ether oxygens (including phenoxy) is 2. The summed E-state index contributed by atoms with van der Waals surface area (Å²) in [6.45, 7) is 0. The van der Waals surface area contributed by atoms with Crippen molar-refractivity contribution in [3.8, 4) is 0 Å². The number of benzene rings is 1. The molecule has 30 heavy (non-hydrogen) atoms. The minimum atomic E-state index is -4.15. The molecule has 0 spiro atoms. The van der Waals surface area contributed by atoms with Crippen LogP contribution in [0.15, 0.2) is 52.7 Å². The van der Waals surface area contributed by atoms with E-state index in [1.165, 1.54) is 34.2 Å². The Bertz CT molecular complexity index is 1060. The highest BCUT2D eigenvalue weighted by Gasteiger charge is 2.31. The quantitative estimate of drug-likeness (QED) is 0.661. The van der Waals surface area contributed by atoms with E-state index in [-0.39, 0.29) is 22.6 Å². The van der Waals surface area contributed by atoms with E-state index in [4.69, 9.17) is 9.47 Å². The van der Waals surface area contributed by atoms with Crippen molar-refractivity contribution < 1.29 is 31.9 Å². The third-order valence-electron chi connectivity index (χ3n) is 4.22. The van der Waals surface area contributed by atoms with Crippen LogP contribution < -0.4 is 14.5 Å². The van der Waals surface area contributed by atoms with Gasteiger partial charge in [-0.3, -0.25) is 0 Å². The maximum atomic E-state index is 14.6. The minimum absolute atomic E-state index is 0.122. The van der Waals surface area contributed by atoms with Crippen LogP contribution in [0.25, 0.3) is 0 Å². The fourth-order valence-corrected chi connectivity index (χ4v) is 3.55. The second kappa shape index (κ2) is 9.09.